The fourth-order valence-corrected chi connectivity index (χ4v) is 5.87. The van der Waals surface area contributed by atoms with Crippen molar-refractivity contribution < 1.29 is 0 Å². The summed E-state index contributed by atoms with van der Waals surface area (Å²) < 4.78 is 0. The van der Waals surface area contributed by atoms with E-state index in [0.29, 0.717) is 0 Å². The van der Waals surface area contributed by atoms with Crippen LogP contribution in [0.3, 0.4) is 0 Å². The highest BCUT2D eigenvalue weighted by atomic mass is 28.3. The molecule has 0 aliphatic carbocycles. The molecule has 1 heterocycles. The predicted molar refractivity (Wildman–Crippen MR) is 163 cm³/mol. The Kier molecular flexibility index (Phi) is 7.54. The molecule has 4 rings (SSSR count). The smallest absolute Gasteiger partial charge is 0.129 e. The van der Waals surface area contributed by atoms with E-state index in [2.05, 4.69) is 150 Å². The molecule has 0 saturated heterocycles. The minimum atomic E-state index is -1.39. The summed E-state index contributed by atoms with van der Waals surface area (Å²) in [6.45, 7) is 18.5. The lowest BCUT2D eigenvalue weighted by molar-refractivity contribution is 0.284. The van der Waals surface area contributed by atoms with Crippen molar-refractivity contribution in [2.75, 3.05) is 5.01 Å². The van der Waals surface area contributed by atoms with Gasteiger partial charge in [-0.15, -0.1) is 5.54 Å². The van der Waals surface area contributed by atoms with Gasteiger partial charge in [-0.1, -0.05) is 115 Å². The molecule has 3 heteroatoms. The molecule has 0 spiro atoms. The summed E-state index contributed by atoms with van der Waals surface area (Å²) in [5.41, 5.74) is 11.1. The standard InChI is InChI=1S/C34H42N2Si/c1-33(2,3)25-34(4,5)29-20-18-28(19-21-29)32-24-31(35-36(32)30-12-10-9-11-13-30)27-16-14-26(15-17-27)22-23-37(6,7)8/h9-21,32H,24-25H2,1-8H3. The van der Waals surface area contributed by atoms with Crippen LogP contribution in [-0.2, 0) is 5.41 Å². The van der Waals surface area contributed by atoms with Crippen molar-refractivity contribution in [1.82, 2.24) is 0 Å². The van der Waals surface area contributed by atoms with Gasteiger partial charge in [0.1, 0.15) is 8.07 Å². The first-order chi connectivity index (χ1) is 17.3. The first-order valence-corrected chi connectivity index (χ1v) is 17.0. The van der Waals surface area contributed by atoms with Gasteiger partial charge in [0.2, 0.25) is 0 Å². The van der Waals surface area contributed by atoms with Crippen LogP contribution in [0.15, 0.2) is 84.0 Å². The van der Waals surface area contributed by atoms with E-state index < -0.39 is 8.07 Å². The largest absolute Gasteiger partial charge is 0.257 e. The van der Waals surface area contributed by atoms with Crippen LogP contribution in [0.5, 0.6) is 0 Å². The molecule has 0 saturated carbocycles. The monoisotopic (exact) mass is 506 g/mol. The zero-order valence-electron chi connectivity index (χ0n) is 23.9. The maximum Gasteiger partial charge on any atom is 0.129 e. The Morgan fingerprint density at radius 3 is 2.03 bits per heavy atom. The van der Waals surface area contributed by atoms with E-state index in [1.54, 1.807) is 0 Å². The van der Waals surface area contributed by atoms with E-state index in [-0.39, 0.29) is 16.9 Å². The van der Waals surface area contributed by atoms with E-state index in [0.717, 1.165) is 29.8 Å². The third kappa shape index (κ3) is 7.02. The average molecular weight is 507 g/mol. The summed E-state index contributed by atoms with van der Waals surface area (Å²) in [5.74, 6) is 3.36. The Labute approximate surface area is 225 Å². The SMILES string of the molecule is CC(C)(C)CC(C)(C)c1ccc(C2CC(c3ccc(C#C[Si](C)(C)C)cc3)=NN2c2ccccc2)cc1. The van der Waals surface area contributed by atoms with E-state index in [4.69, 9.17) is 5.10 Å². The fraction of sp³-hybridized carbons (Fsp3) is 0.382. The number of rotatable bonds is 5. The topological polar surface area (TPSA) is 15.6 Å². The van der Waals surface area contributed by atoms with Crippen LogP contribution in [0.4, 0.5) is 5.69 Å². The minimum absolute atomic E-state index is 0.132. The summed E-state index contributed by atoms with van der Waals surface area (Å²) in [4.78, 5) is 0. The van der Waals surface area contributed by atoms with Crippen LogP contribution in [0.2, 0.25) is 19.6 Å². The summed E-state index contributed by atoms with van der Waals surface area (Å²) in [6.07, 6.45) is 2.02. The fourth-order valence-electron chi connectivity index (χ4n) is 5.35. The van der Waals surface area contributed by atoms with Crippen LogP contribution in [0, 0.1) is 16.9 Å². The molecule has 1 aliphatic rings. The van der Waals surface area contributed by atoms with Crippen molar-refractivity contribution in [3.63, 3.8) is 0 Å². The zero-order valence-corrected chi connectivity index (χ0v) is 24.9. The Bertz CT molecular complexity index is 1290. The number of hydrazone groups is 1. The highest BCUT2D eigenvalue weighted by molar-refractivity contribution is 6.83. The van der Waals surface area contributed by atoms with Gasteiger partial charge in [0.05, 0.1) is 17.4 Å². The van der Waals surface area contributed by atoms with Gasteiger partial charge in [0.15, 0.2) is 0 Å². The Morgan fingerprint density at radius 1 is 0.838 bits per heavy atom. The molecular weight excluding hydrogens is 464 g/mol. The Hall–Kier alpha value is -3.09. The molecule has 1 atom stereocenters. The Morgan fingerprint density at radius 2 is 1.46 bits per heavy atom. The van der Waals surface area contributed by atoms with Gasteiger partial charge in [-0.3, -0.25) is 5.01 Å². The van der Waals surface area contributed by atoms with Crippen LogP contribution in [0.25, 0.3) is 0 Å². The summed E-state index contributed by atoms with van der Waals surface area (Å²) in [6, 6.07) is 28.6. The molecule has 192 valence electrons. The third-order valence-electron chi connectivity index (χ3n) is 6.78. The molecule has 37 heavy (non-hydrogen) atoms. The van der Waals surface area contributed by atoms with Crippen molar-refractivity contribution in [2.45, 2.75) is 78.6 Å². The first-order valence-electron chi connectivity index (χ1n) is 13.5. The lowest BCUT2D eigenvalue weighted by atomic mass is 9.72. The minimum Gasteiger partial charge on any atom is -0.257 e. The number of para-hydroxylation sites is 1. The van der Waals surface area contributed by atoms with Gasteiger partial charge in [-0.2, -0.15) is 5.10 Å². The molecule has 0 bridgehead atoms. The van der Waals surface area contributed by atoms with Crippen molar-refractivity contribution in [2.24, 2.45) is 10.5 Å². The van der Waals surface area contributed by atoms with Crippen LogP contribution in [0.1, 0.15) is 75.8 Å². The maximum atomic E-state index is 5.14. The van der Waals surface area contributed by atoms with Crippen molar-refractivity contribution in [3.05, 3.63) is 101 Å². The highest BCUT2D eigenvalue weighted by Crippen LogP contribution is 2.39. The van der Waals surface area contributed by atoms with E-state index in [1.165, 1.54) is 16.7 Å². The van der Waals surface area contributed by atoms with Crippen LogP contribution >= 0.6 is 0 Å². The molecule has 1 aliphatic heterocycles. The Balaban J connectivity index is 1.62. The number of hydrogen-bond acceptors (Lipinski definition) is 2. The maximum absolute atomic E-state index is 5.14. The number of hydrogen-bond donors (Lipinski definition) is 0. The summed E-state index contributed by atoms with van der Waals surface area (Å²) >= 11 is 0. The highest BCUT2D eigenvalue weighted by Gasteiger charge is 2.31. The summed E-state index contributed by atoms with van der Waals surface area (Å²) in [7, 11) is -1.39. The number of anilines is 1. The molecule has 0 N–H and O–H groups in total. The normalized spacial score (nSPS) is 16.3. The lowest BCUT2D eigenvalue weighted by Crippen LogP contribution is -2.25. The molecule has 0 aromatic heterocycles. The molecule has 0 amide bonds. The van der Waals surface area contributed by atoms with Gasteiger partial charge in [-0.25, -0.2) is 0 Å². The molecular formula is C34H42N2Si. The zero-order chi connectivity index (χ0) is 26.8. The quantitative estimate of drug-likeness (QED) is 0.249. The van der Waals surface area contributed by atoms with Gasteiger partial charge in [0.25, 0.3) is 0 Å². The molecule has 0 radical (unpaired) electrons. The second-order valence-corrected chi connectivity index (χ2v) is 18.0. The molecule has 0 fully saturated rings. The predicted octanol–water partition coefficient (Wildman–Crippen LogP) is 8.99. The van der Waals surface area contributed by atoms with Gasteiger partial charge in [0, 0.05) is 12.0 Å². The van der Waals surface area contributed by atoms with Crippen molar-refractivity contribution in [3.8, 4) is 11.5 Å². The molecule has 1 unspecified atom stereocenters. The first kappa shape index (κ1) is 27.0. The number of nitrogens with zero attached hydrogens (tertiary/aromatic N) is 2. The van der Waals surface area contributed by atoms with E-state index >= 15 is 0 Å². The van der Waals surface area contributed by atoms with Crippen molar-refractivity contribution in [1.29, 1.82) is 0 Å². The van der Waals surface area contributed by atoms with Crippen molar-refractivity contribution >= 4 is 19.5 Å². The third-order valence-corrected chi connectivity index (χ3v) is 7.66. The van der Waals surface area contributed by atoms with E-state index in [9.17, 15) is 0 Å². The summed E-state index contributed by atoms with van der Waals surface area (Å²) in [5, 5.41) is 7.34. The van der Waals surface area contributed by atoms with Gasteiger partial charge < -0.3 is 0 Å². The van der Waals surface area contributed by atoms with Gasteiger partial charge >= 0.3 is 0 Å². The van der Waals surface area contributed by atoms with E-state index in [1.807, 2.05) is 0 Å². The second-order valence-electron chi connectivity index (χ2n) is 13.3. The lowest BCUT2D eigenvalue weighted by Gasteiger charge is -2.33. The molecule has 2 nitrogen and oxygen atoms in total. The molecule has 3 aromatic carbocycles. The molecule has 3 aromatic rings. The second kappa shape index (κ2) is 10.3. The average Bonchev–Trinajstić information content (AvgIpc) is 3.27. The van der Waals surface area contributed by atoms with Crippen LogP contribution < -0.4 is 5.01 Å². The number of benzene rings is 3. The van der Waals surface area contributed by atoms with Gasteiger partial charge in [-0.05, 0) is 58.2 Å². The van der Waals surface area contributed by atoms with Crippen LogP contribution in [-0.4, -0.2) is 13.8 Å².